The molecule has 0 aromatic heterocycles. The smallest absolute Gasteiger partial charge is 0.0113 e. The van der Waals surface area contributed by atoms with Crippen molar-refractivity contribution in [3.63, 3.8) is 0 Å². The standard InChI is InChI=1S/C10H18N2/c11-10-5-9-2-1-7(10)6-12(9)8-3-4-8/h7-10H,1-6,11H2. The SMILES string of the molecule is NC1CC2CCC1CN2C1CC1. The first kappa shape index (κ1) is 7.34. The topological polar surface area (TPSA) is 29.3 Å². The van der Waals surface area contributed by atoms with Gasteiger partial charge in [0, 0.05) is 24.7 Å². The second-order valence-electron chi connectivity index (χ2n) is 4.82. The van der Waals surface area contributed by atoms with Crippen LogP contribution in [0.5, 0.6) is 0 Å². The van der Waals surface area contributed by atoms with E-state index in [0.717, 1.165) is 18.0 Å². The number of fused-ring (bicyclic) bond motifs is 3. The molecule has 2 nitrogen and oxygen atoms in total. The maximum atomic E-state index is 6.08. The van der Waals surface area contributed by atoms with Crippen LogP contribution >= 0.6 is 0 Å². The molecule has 0 spiro atoms. The van der Waals surface area contributed by atoms with Crippen LogP contribution in [0, 0.1) is 5.92 Å². The third-order valence-electron chi connectivity index (χ3n) is 3.95. The zero-order chi connectivity index (χ0) is 8.13. The molecule has 0 aromatic rings. The summed E-state index contributed by atoms with van der Waals surface area (Å²) in [6.07, 6.45) is 7.02. The van der Waals surface area contributed by atoms with Crippen LogP contribution in [-0.4, -0.2) is 29.6 Å². The third kappa shape index (κ3) is 1.01. The minimum atomic E-state index is 0.527. The highest BCUT2D eigenvalue weighted by Gasteiger charge is 2.44. The van der Waals surface area contributed by atoms with Crippen molar-refractivity contribution >= 4 is 0 Å². The van der Waals surface area contributed by atoms with E-state index >= 15 is 0 Å². The molecule has 2 N–H and O–H groups in total. The molecule has 4 aliphatic rings. The first-order valence-corrected chi connectivity index (χ1v) is 5.36. The molecule has 3 atom stereocenters. The summed E-state index contributed by atoms with van der Waals surface area (Å²) in [5, 5.41) is 0. The molecule has 4 rings (SSSR count). The van der Waals surface area contributed by atoms with E-state index in [4.69, 9.17) is 5.73 Å². The zero-order valence-electron chi connectivity index (χ0n) is 7.58. The molecule has 0 amide bonds. The number of rotatable bonds is 1. The molecule has 2 saturated carbocycles. The molecule has 3 unspecified atom stereocenters. The molecule has 2 aliphatic carbocycles. The van der Waals surface area contributed by atoms with Crippen molar-refractivity contribution in [2.45, 2.75) is 50.2 Å². The Kier molecular flexibility index (Phi) is 1.50. The zero-order valence-corrected chi connectivity index (χ0v) is 7.58. The Morgan fingerprint density at radius 2 is 1.75 bits per heavy atom. The van der Waals surface area contributed by atoms with E-state index in [2.05, 4.69) is 4.90 Å². The maximum absolute atomic E-state index is 6.08. The Bertz CT molecular complexity index is 188. The number of hydrogen-bond acceptors (Lipinski definition) is 2. The van der Waals surface area contributed by atoms with Gasteiger partial charge in [-0.3, -0.25) is 4.90 Å². The summed E-state index contributed by atoms with van der Waals surface area (Å²) in [4.78, 5) is 2.75. The van der Waals surface area contributed by atoms with Gasteiger partial charge in [0.05, 0.1) is 0 Å². The van der Waals surface area contributed by atoms with E-state index < -0.39 is 0 Å². The van der Waals surface area contributed by atoms with Crippen LogP contribution in [0.15, 0.2) is 0 Å². The molecular weight excluding hydrogens is 148 g/mol. The van der Waals surface area contributed by atoms with E-state index in [0.29, 0.717) is 6.04 Å². The Morgan fingerprint density at radius 3 is 2.25 bits per heavy atom. The van der Waals surface area contributed by atoms with Gasteiger partial charge in [-0.1, -0.05) is 0 Å². The fourth-order valence-corrected chi connectivity index (χ4v) is 3.05. The van der Waals surface area contributed by atoms with Gasteiger partial charge in [-0.25, -0.2) is 0 Å². The van der Waals surface area contributed by atoms with Gasteiger partial charge in [0.15, 0.2) is 0 Å². The van der Waals surface area contributed by atoms with Gasteiger partial charge in [-0.15, -0.1) is 0 Å². The number of hydrogen-bond donors (Lipinski definition) is 1. The lowest BCUT2D eigenvalue weighted by atomic mass is 9.76. The summed E-state index contributed by atoms with van der Waals surface area (Å²) >= 11 is 0. The first-order chi connectivity index (χ1) is 5.84. The summed E-state index contributed by atoms with van der Waals surface area (Å²) in [5.74, 6) is 0.829. The normalized spacial score (nSPS) is 48.2. The van der Waals surface area contributed by atoms with Gasteiger partial charge >= 0.3 is 0 Å². The number of nitrogens with zero attached hydrogens (tertiary/aromatic N) is 1. The van der Waals surface area contributed by atoms with Crippen molar-refractivity contribution in [2.24, 2.45) is 11.7 Å². The number of piperidine rings is 2. The van der Waals surface area contributed by atoms with E-state index in [-0.39, 0.29) is 0 Å². The molecule has 0 aromatic carbocycles. The van der Waals surface area contributed by atoms with Crippen molar-refractivity contribution in [1.29, 1.82) is 0 Å². The van der Waals surface area contributed by atoms with Crippen LogP contribution in [-0.2, 0) is 0 Å². The predicted molar refractivity (Wildman–Crippen MR) is 48.8 cm³/mol. The minimum Gasteiger partial charge on any atom is -0.327 e. The van der Waals surface area contributed by atoms with Crippen LogP contribution in [0.2, 0.25) is 0 Å². The maximum Gasteiger partial charge on any atom is 0.0113 e. The molecule has 4 fully saturated rings. The number of nitrogens with two attached hydrogens (primary N) is 1. The van der Waals surface area contributed by atoms with Gasteiger partial charge in [0.1, 0.15) is 0 Å². The quantitative estimate of drug-likeness (QED) is 0.628. The fraction of sp³-hybridized carbons (Fsp3) is 1.00. The van der Waals surface area contributed by atoms with Gasteiger partial charge in [-0.05, 0) is 38.0 Å². The Balaban J connectivity index is 1.75. The molecule has 2 saturated heterocycles. The third-order valence-corrected chi connectivity index (χ3v) is 3.95. The van der Waals surface area contributed by atoms with Crippen LogP contribution < -0.4 is 5.73 Å². The molecular formula is C10H18N2. The highest BCUT2D eigenvalue weighted by Crippen LogP contribution is 2.40. The second kappa shape index (κ2) is 2.46. The minimum absolute atomic E-state index is 0.527. The van der Waals surface area contributed by atoms with Crippen molar-refractivity contribution < 1.29 is 0 Å². The molecule has 12 heavy (non-hydrogen) atoms. The van der Waals surface area contributed by atoms with Gasteiger partial charge in [0.2, 0.25) is 0 Å². The molecule has 2 heteroatoms. The fourth-order valence-electron chi connectivity index (χ4n) is 3.05. The average Bonchev–Trinajstić information content (AvgIpc) is 2.87. The molecule has 2 aliphatic heterocycles. The van der Waals surface area contributed by atoms with Gasteiger partial charge < -0.3 is 5.73 Å². The largest absolute Gasteiger partial charge is 0.327 e. The summed E-state index contributed by atoms with van der Waals surface area (Å²) in [5.41, 5.74) is 6.08. The lowest BCUT2D eigenvalue weighted by Gasteiger charge is -2.48. The van der Waals surface area contributed by atoms with Crippen molar-refractivity contribution in [1.82, 2.24) is 4.90 Å². The molecule has 2 bridgehead atoms. The van der Waals surface area contributed by atoms with Crippen molar-refractivity contribution in [3.05, 3.63) is 0 Å². The van der Waals surface area contributed by atoms with E-state index in [1.165, 1.54) is 38.6 Å². The van der Waals surface area contributed by atoms with Crippen molar-refractivity contribution in [2.75, 3.05) is 6.54 Å². The van der Waals surface area contributed by atoms with Crippen LogP contribution in [0.1, 0.15) is 32.1 Å². The lowest BCUT2D eigenvalue weighted by Crippen LogP contribution is -2.57. The summed E-state index contributed by atoms with van der Waals surface area (Å²) < 4.78 is 0. The molecule has 68 valence electrons. The van der Waals surface area contributed by atoms with E-state index in [1.54, 1.807) is 0 Å². The van der Waals surface area contributed by atoms with Gasteiger partial charge in [-0.2, -0.15) is 0 Å². The molecule has 2 heterocycles. The lowest BCUT2D eigenvalue weighted by molar-refractivity contribution is 0.0278. The van der Waals surface area contributed by atoms with Crippen LogP contribution in [0.3, 0.4) is 0 Å². The summed E-state index contributed by atoms with van der Waals surface area (Å²) in [6, 6.07) is 2.35. The first-order valence-electron chi connectivity index (χ1n) is 5.36. The second-order valence-corrected chi connectivity index (χ2v) is 4.82. The Labute approximate surface area is 74.1 Å². The van der Waals surface area contributed by atoms with E-state index in [9.17, 15) is 0 Å². The van der Waals surface area contributed by atoms with Crippen LogP contribution in [0.25, 0.3) is 0 Å². The summed E-state index contributed by atoms with van der Waals surface area (Å²) in [6.45, 7) is 1.32. The van der Waals surface area contributed by atoms with E-state index in [1.807, 2.05) is 0 Å². The highest BCUT2D eigenvalue weighted by molar-refractivity contribution is 5.00. The highest BCUT2D eigenvalue weighted by atomic mass is 15.2. The average molecular weight is 166 g/mol. The van der Waals surface area contributed by atoms with Crippen molar-refractivity contribution in [3.8, 4) is 0 Å². The Morgan fingerprint density at radius 1 is 1.00 bits per heavy atom. The van der Waals surface area contributed by atoms with Gasteiger partial charge in [0.25, 0.3) is 0 Å². The molecule has 0 radical (unpaired) electrons. The monoisotopic (exact) mass is 166 g/mol. The summed E-state index contributed by atoms with van der Waals surface area (Å²) in [7, 11) is 0. The van der Waals surface area contributed by atoms with Crippen LogP contribution in [0.4, 0.5) is 0 Å². The predicted octanol–water partition coefficient (Wildman–Crippen LogP) is 0.960. The Hall–Kier alpha value is -0.0800.